The zero-order valence-corrected chi connectivity index (χ0v) is 19.3. The van der Waals surface area contributed by atoms with Crippen LogP contribution in [0.1, 0.15) is 16.9 Å². The van der Waals surface area contributed by atoms with Gasteiger partial charge in [-0.2, -0.15) is 0 Å². The van der Waals surface area contributed by atoms with Gasteiger partial charge in [-0.05, 0) is 60.5 Å². The quantitative estimate of drug-likeness (QED) is 0.285. The van der Waals surface area contributed by atoms with Gasteiger partial charge >= 0.3 is 6.03 Å². The third-order valence-corrected chi connectivity index (χ3v) is 5.18. The first-order chi connectivity index (χ1) is 16.9. The van der Waals surface area contributed by atoms with Crippen molar-refractivity contribution in [3.8, 4) is 17.2 Å². The number of hydrogen-bond donors (Lipinski definition) is 1. The Kier molecular flexibility index (Phi) is 7.15. The minimum Gasteiger partial charge on any atom is -0.493 e. The second-order valence-electron chi connectivity index (χ2n) is 7.71. The maximum absolute atomic E-state index is 12.9. The monoisotopic (exact) mass is 476 g/mol. The molecular weight excluding hydrogens is 452 g/mol. The zero-order valence-electron chi connectivity index (χ0n) is 19.3. The topological polar surface area (TPSA) is 107 Å². The van der Waals surface area contributed by atoms with Crippen LogP contribution < -0.4 is 19.5 Å². The molecule has 0 aliphatic carbocycles. The number of imide groups is 2. The molecule has 1 N–H and O–H groups in total. The van der Waals surface area contributed by atoms with Gasteiger partial charge in [-0.1, -0.05) is 18.2 Å². The number of carbonyl (C=O) groups excluding carboxylic acids is 3. The largest absolute Gasteiger partial charge is 0.493 e. The van der Waals surface area contributed by atoms with E-state index in [1.165, 1.54) is 19.4 Å². The first-order valence-electron chi connectivity index (χ1n) is 10.9. The van der Waals surface area contributed by atoms with Gasteiger partial charge in [0.1, 0.15) is 30.3 Å². The van der Waals surface area contributed by atoms with E-state index in [2.05, 4.69) is 5.32 Å². The highest BCUT2D eigenvalue weighted by Crippen LogP contribution is 2.29. The average Bonchev–Trinajstić information content (AvgIpc) is 3.36. The van der Waals surface area contributed by atoms with E-state index in [1.54, 1.807) is 30.3 Å². The van der Waals surface area contributed by atoms with Gasteiger partial charge in [-0.15, -0.1) is 0 Å². The second-order valence-corrected chi connectivity index (χ2v) is 7.71. The molecule has 9 nitrogen and oxygen atoms in total. The van der Waals surface area contributed by atoms with Crippen LogP contribution in [0.3, 0.4) is 0 Å². The number of amides is 4. The van der Waals surface area contributed by atoms with Crippen LogP contribution in [-0.4, -0.2) is 43.1 Å². The predicted molar refractivity (Wildman–Crippen MR) is 126 cm³/mol. The molecule has 35 heavy (non-hydrogen) atoms. The Labute approximate surface area is 201 Å². The highest BCUT2D eigenvalue weighted by Gasteiger charge is 2.36. The number of benzene rings is 2. The number of carbonyl (C=O) groups is 3. The van der Waals surface area contributed by atoms with Crippen LogP contribution in [0.25, 0.3) is 6.08 Å². The van der Waals surface area contributed by atoms with Gasteiger partial charge < -0.3 is 18.6 Å². The van der Waals surface area contributed by atoms with Gasteiger partial charge in [0.25, 0.3) is 11.8 Å². The Bertz CT molecular complexity index is 1260. The van der Waals surface area contributed by atoms with Crippen molar-refractivity contribution in [2.75, 3.05) is 20.3 Å². The molecule has 4 rings (SSSR count). The Balaban J connectivity index is 1.44. The summed E-state index contributed by atoms with van der Waals surface area (Å²) in [5.74, 6) is 0.582. The van der Waals surface area contributed by atoms with Crippen molar-refractivity contribution >= 4 is 23.9 Å². The van der Waals surface area contributed by atoms with Crippen molar-refractivity contribution < 1.29 is 33.0 Å². The first kappa shape index (κ1) is 23.6. The molecule has 0 bridgehead atoms. The molecule has 3 aromatic rings. The summed E-state index contributed by atoms with van der Waals surface area (Å²) >= 11 is 0. The summed E-state index contributed by atoms with van der Waals surface area (Å²) in [5, 5.41) is 2.18. The zero-order chi connectivity index (χ0) is 24.8. The molecule has 9 heteroatoms. The third kappa shape index (κ3) is 5.70. The normalized spacial score (nSPS) is 14.7. The Morgan fingerprint density at radius 1 is 0.971 bits per heavy atom. The molecular formula is C26H24N2O7. The fourth-order valence-electron chi connectivity index (χ4n) is 3.47. The lowest BCUT2D eigenvalue weighted by atomic mass is 10.1. The summed E-state index contributed by atoms with van der Waals surface area (Å²) in [7, 11) is 1.49. The maximum Gasteiger partial charge on any atom is 0.331 e. The summed E-state index contributed by atoms with van der Waals surface area (Å²) in [6.45, 7) is 2.52. The van der Waals surface area contributed by atoms with Gasteiger partial charge in [-0.25, -0.2) is 4.79 Å². The molecule has 4 amide bonds. The number of aryl methyl sites for hydroxylation is 1. The summed E-state index contributed by atoms with van der Waals surface area (Å²) < 4.78 is 22.1. The van der Waals surface area contributed by atoms with E-state index in [9.17, 15) is 14.4 Å². The minimum absolute atomic E-state index is 0.0942. The number of nitrogens with zero attached hydrogens (tertiary/aromatic N) is 1. The number of methoxy groups -OCH3 is 1. The van der Waals surface area contributed by atoms with Crippen LogP contribution in [0.5, 0.6) is 17.2 Å². The summed E-state index contributed by atoms with van der Waals surface area (Å²) in [6, 6.07) is 15.2. The van der Waals surface area contributed by atoms with Gasteiger partial charge in [0.05, 0.1) is 19.9 Å². The molecule has 0 spiro atoms. The number of hydrogen-bond acceptors (Lipinski definition) is 7. The highest BCUT2D eigenvalue weighted by molar-refractivity contribution is 6.30. The van der Waals surface area contributed by atoms with Crippen molar-refractivity contribution in [3.63, 3.8) is 0 Å². The summed E-state index contributed by atoms with van der Waals surface area (Å²) in [4.78, 5) is 38.3. The number of urea groups is 1. The lowest BCUT2D eigenvalue weighted by Gasteiger charge is -2.25. The first-order valence-corrected chi connectivity index (χ1v) is 10.9. The van der Waals surface area contributed by atoms with Crippen molar-refractivity contribution in [2.45, 2.75) is 13.5 Å². The van der Waals surface area contributed by atoms with E-state index in [0.717, 1.165) is 16.2 Å². The number of furan rings is 1. The van der Waals surface area contributed by atoms with Gasteiger partial charge in [0.2, 0.25) is 0 Å². The molecule has 2 heterocycles. The number of ether oxygens (including phenoxy) is 3. The fraction of sp³-hybridized carbons (Fsp3) is 0.192. The molecule has 0 radical (unpaired) electrons. The van der Waals surface area contributed by atoms with Crippen LogP contribution >= 0.6 is 0 Å². The minimum atomic E-state index is -0.803. The van der Waals surface area contributed by atoms with Gasteiger partial charge in [0, 0.05) is 0 Å². The highest BCUT2D eigenvalue weighted by atomic mass is 16.5. The molecule has 0 atom stereocenters. The molecule has 0 unspecified atom stereocenters. The van der Waals surface area contributed by atoms with E-state index >= 15 is 0 Å². The molecule has 1 aliphatic heterocycles. The second kappa shape index (κ2) is 10.6. The fourth-order valence-corrected chi connectivity index (χ4v) is 3.47. The van der Waals surface area contributed by atoms with Crippen molar-refractivity contribution in [3.05, 3.63) is 83.3 Å². The lowest BCUT2D eigenvalue weighted by Crippen LogP contribution is -2.53. The summed E-state index contributed by atoms with van der Waals surface area (Å²) in [5.41, 5.74) is 1.45. The van der Waals surface area contributed by atoms with Crippen molar-refractivity contribution in [1.82, 2.24) is 10.2 Å². The Morgan fingerprint density at radius 3 is 2.54 bits per heavy atom. The van der Waals surface area contributed by atoms with Crippen molar-refractivity contribution in [2.24, 2.45) is 0 Å². The smallest absolute Gasteiger partial charge is 0.331 e. The molecule has 1 fully saturated rings. The summed E-state index contributed by atoms with van der Waals surface area (Å²) in [6.07, 6.45) is 2.83. The number of rotatable bonds is 9. The lowest BCUT2D eigenvalue weighted by molar-refractivity contribution is -0.130. The van der Waals surface area contributed by atoms with Crippen LogP contribution in [0.15, 0.2) is 70.9 Å². The molecule has 180 valence electrons. The predicted octanol–water partition coefficient (Wildman–Crippen LogP) is 3.72. The average molecular weight is 476 g/mol. The molecule has 1 aliphatic rings. The van der Waals surface area contributed by atoms with E-state index in [-0.39, 0.29) is 18.7 Å². The van der Waals surface area contributed by atoms with E-state index < -0.39 is 17.8 Å². The standard InChI is InChI=1S/C26H24N2O7/c1-17-5-3-6-19(13-17)34-11-12-35-22-9-8-18(15-23(22)32-2)14-21-24(29)27-26(31)28(25(21)30)16-20-7-4-10-33-20/h3-10,13-15H,11-12,16H2,1-2H3,(H,27,29,31)/b21-14-. The van der Waals surface area contributed by atoms with E-state index in [1.807, 2.05) is 31.2 Å². The van der Waals surface area contributed by atoms with E-state index in [0.29, 0.717) is 29.4 Å². The molecule has 0 saturated carbocycles. The van der Waals surface area contributed by atoms with Crippen LogP contribution in [-0.2, 0) is 16.1 Å². The third-order valence-electron chi connectivity index (χ3n) is 5.18. The van der Waals surface area contributed by atoms with Crippen LogP contribution in [0.2, 0.25) is 0 Å². The molecule has 2 aromatic carbocycles. The maximum atomic E-state index is 12.9. The molecule has 1 saturated heterocycles. The Hall–Kier alpha value is -4.53. The van der Waals surface area contributed by atoms with Crippen LogP contribution in [0, 0.1) is 6.92 Å². The SMILES string of the molecule is COc1cc(/C=C2/C(=O)NC(=O)N(Cc3ccco3)C2=O)ccc1OCCOc1cccc(C)c1. The van der Waals surface area contributed by atoms with Crippen LogP contribution in [0.4, 0.5) is 4.79 Å². The number of nitrogens with one attached hydrogen (secondary N) is 1. The van der Waals surface area contributed by atoms with E-state index in [4.69, 9.17) is 18.6 Å². The number of barbiturate groups is 1. The van der Waals surface area contributed by atoms with Gasteiger partial charge in [0.15, 0.2) is 11.5 Å². The van der Waals surface area contributed by atoms with Crippen molar-refractivity contribution in [1.29, 1.82) is 0 Å². The molecule has 1 aromatic heterocycles. The van der Waals surface area contributed by atoms with Gasteiger partial charge in [-0.3, -0.25) is 19.8 Å². The Morgan fingerprint density at radius 2 is 1.80 bits per heavy atom.